The summed E-state index contributed by atoms with van der Waals surface area (Å²) in [7, 11) is 4.60. The van der Waals surface area contributed by atoms with Crippen LogP contribution in [0.15, 0.2) is 54.9 Å². The molecule has 1 aromatic heterocycles. The third-order valence-corrected chi connectivity index (χ3v) is 4.96. The van der Waals surface area contributed by atoms with Crippen molar-refractivity contribution in [2.75, 3.05) is 21.3 Å². The number of pyridine rings is 1. The van der Waals surface area contributed by atoms with Crippen molar-refractivity contribution >= 4 is 41.0 Å². The molecule has 2 aromatic carbocycles. The summed E-state index contributed by atoms with van der Waals surface area (Å²) in [5, 5.41) is 0.622. The van der Waals surface area contributed by atoms with Gasteiger partial charge in [0.25, 0.3) is 0 Å². The third-order valence-electron chi connectivity index (χ3n) is 4.36. The molecule has 0 N–H and O–H groups in total. The molecule has 0 atom stereocenters. The quantitative estimate of drug-likeness (QED) is 0.330. The predicted octanol–water partition coefficient (Wildman–Crippen LogP) is 5.77. The molecule has 0 saturated heterocycles. The van der Waals surface area contributed by atoms with Crippen LogP contribution in [0.4, 0.5) is 0 Å². The van der Waals surface area contributed by atoms with Crippen LogP contribution in [-0.4, -0.2) is 32.3 Å². The van der Waals surface area contributed by atoms with Crippen molar-refractivity contribution in [3.63, 3.8) is 0 Å². The number of ether oxygens (including phenoxy) is 4. The molecule has 8 heteroatoms. The molecule has 31 heavy (non-hydrogen) atoms. The van der Waals surface area contributed by atoms with Gasteiger partial charge in [-0.3, -0.25) is 4.98 Å². The minimum Gasteiger partial charge on any atom is -0.497 e. The Kier molecular flexibility index (Phi) is 7.39. The molecule has 3 rings (SSSR count). The number of methoxy groups -OCH3 is 3. The molecule has 0 aliphatic rings. The summed E-state index contributed by atoms with van der Waals surface area (Å²) < 4.78 is 21.5. The second-order valence-electron chi connectivity index (χ2n) is 6.21. The van der Waals surface area contributed by atoms with Gasteiger partial charge in [-0.1, -0.05) is 23.2 Å². The Hall–Kier alpha value is -3.22. The summed E-state index contributed by atoms with van der Waals surface area (Å²) in [6, 6.07) is 11.7. The highest BCUT2D eigenvalue weighted by Crippen LogP contribution is 2.34. The smallest absolute Gasteiger partial charge is 0.343 e. The molecule has 1 heterocycles. The number of esters is 1. The first-order chi connectivity index (χ1) is 15.0. The number of benzene rings is 2. The van der Waals surface area contributed by atoms with E-state index in [1.807, 2.05) is 0 Å². The van der Waals surface area contributed by atoms with Crippen LogP contribution in [0.2, 0.25) is 10.0 Å². The zero-order valence-corrected chi connectivity index (χ0v) is 18.5. The first-order valence-corrected chi connectivity index (χ1v) is 9.81. The van der Waals surface area contributed by atoms with Crippen LogP contribution in [0.25, 0.3) is 11.8 Å². The zero-order valence-electron chi connectivity index (χ0n) is 17.0. The van der Waals surface area contributed by atoms with E-state index in [2.05, 4.69) is 4.98 Å². The largest absolute Gasteiger partial charge is 0.497 e. The zero-order chi connectivity index (χ0) is 22.4. The average Bonchev–Trinajstić information content (AvgIpc) is 2.80. The van der Waals surface area contributed by atoms with E-state index in [0.717, 1.165) is 0 Å². The highest BCUT2D eigenvalue weighted by molar-refractivity contribution is 6.37. The first kappa shape index (κ1) is 22.5. The maximum Gasteiger partial charge on any atom is 0.343 e. The summed E-state index contributed by atoms with van der Waals surface area (Å²) in [4.78, 5) is 16.8. The molecule has 0 saturated carbocycles. The second-order valence-corrected chi connectivity index (χ2v) is 7.03. The van der Waals surface area contributed by atoms with Crippen molar-refractivity contribution in [1.82, 2.24) is 4.98 Å². The van der Waals surface area contributed by atoms with Crippen molar-refractivity contribution < 1.29 is 23.7 Å². The minimum atomic E-state index is -0.565. The predicted molar refractivity (Wildman–Crippen MR) is 120 cm³/mol. The van der Waals surface area contributed by atoms with Gasteiger partial charge in [0.1, 0.15) is 11.5 Å². The van der Waals surface area contributed by atoms with Gasteiger partial charge in [-0.25, -0.2) is 4.79 Å². The number of hydrogen-bond donors (Lipinski definition) is 0. The number of aromatic nitrogens is 1. The lowest BCUT2D eigenvalue weighted by Crippen LogP contribution is -2.05. The van der Waals surface area contributed by atoms with Gasteiger partial charge < -0.3 is 18.9 Å². The van der Waals surface area contributed by atoms with E-state index in [-0.39, 0.29) is 5.76 Å². The highest BCUT2D eigenvalue weighted by Gasteiger charge is 2.17. The molecule has 0 radical (unpaired) electrons. The fourth-order valence-electron chi connectivity index (χ4n) is 2.74. The Bertz CT molecular complexity index is 1090. The number of carbonyl (C=O) groups excluding carboxylic acids is 1. The fraction of sp³-hybridized carbons (Fsp3) is 0.130. The summed E-state index contributed by atoms with van der Waals surface area (Å²) in [6.45, 7) is 0. The van der Waals surface area contributed by atoms with E-state index in [0.29, 0.717) is 44.0 Å². The Morgan fingerprint density at radius 3 is 2.03 bits per heavy atom. The maximum atomic E-state index is 12.8. The first-order valence-electron chi connectivity index (χ1n) is 9.06. The van der Waals surface area contributed by atoms with Gasteiger partial charge >= 0.3 is 5.97 Å². The van der Waals surface area contributed by atoms with E-state index in [4.69, 9.17) is 42.1 Å². The number of rotatable bonds is 7. The molecule has 0 fully saturated rings. The van der Waals surface area contributed by atoms with Crippen LogP contribution >= 0.6 is 23.2 Å². The molecule has 0 aliphatic carbocycles. The minimum absolute atomic E-state index is 0.219. The molecule has 6 nitrogen and oxygen atoms in total. The van der Waals surface area contributed by atoms with Gasteiger partial charge in [-0.2, -0.15) is 0 Å². The number of halogens is 2. The van der Waals surface area contributed by atoms with E-state index >= 15 is 0 Å². The molecule has 0 spiro atoms. The van der Waals surface area contributed by atoms with Crippen LogP contribution in [-0.2, 0) is 4.74 Å². The Morgan fingerprint density at radius 2 is 1.45 bits per heavy atom. The number of nitrogens with zero attached hydrogens (tertiary/aromatic N) is 1. The van der Waals surface area contributed by atoms with E-state index in [9.17, 15) is 4.79 Å². The maximum absolute atomic E-state index is 12.8. The normalized spacial score (nSPS) is 11.1. The second kappa shape index (κ2) is 10.2. The van der Waals surface area contributed by atoms with Crippen LogP contribution < -0.4 is 14.2 Å². The highest BCUT2D eigenvalue weighted by atomic mass is 35.5. The lowest BCUT2D eigenvalue weighted by molar-refractivity contribution is 0.0693. The molecular weight excluding hydrogens is 441 g/mol. The fourth-order valence-corrected chi connectivity index (χ4v) is 3.21. The lowest BCUT2D eigenvalue weighted by Gasteiger charge is -2.14. The van der Waals surface area contributed by atoms with E-state index in [1.54, 1.807) is 55.7 Å². The summed E-state index contributed by atoms with van der Waals surface area (Å²) in [5.74, 6) is 1.29. The third kappa shape index (κ3) is 5.29. The van der Waals surface area contributed by atoms with Gasteiger partial charge in [-0.15, -0.1) is 0 Å². The van der Waals surface area contributed by atoms with Crippen molar-refractivity contribution in [2.45, 2.75) is 0 Å². The lowest BCUT2D eigenvalue weighted by atomic mass is 10.1. The average molecular weight is 460 g/mol. The van der Waals surface area contributed by atoms with E-state index in [1.165, 1.54) is 26.6 Å². The van der Waals surface area contributed by atoms with E-state index < -0.39 is 5.97 Å². The van der Waals surface area contributed by atoms with Gasteiger partial charge in [0.15, 0.2) is 11.5 Å². The van der Waals surface area contributed by atoms with Crippen molar-refractivity contribution in [3.8, 4) is 17.2 Å². The topological polar surface area (TPSA) is 66.9 Å². The molecule has 3 aromatic rings. The van der Waals surface area contributed by atoms with Crippen molar-refractivity contribution in [3.05, 3.63) is 81.6 Å². The van der Waals surface area contributed by atoms with Crippen LogP contribution in [0.1, 0.15) is 21.5 Å². The van der Waals surface area contributed by atoms with Crippen LogP contribution in [0, 0.1) is 0 Å². The summed E-state index contributed by atoms with van der Waals surface area (Å²) >= 11 is 12.5. The Labute approximate surface area is 189 Å². The number of carbonyl (C=O) groups is 1. The molecule has 0 unspecified atom stereocenters. The van der Waals surface area contributed by atoms with Crippen molar-refractivity contribution in [1.29, 1.82) is 0 Å². The molecule has 0 amide bonds. The molecule has 160 valence electrons. The van der Waals surface area contributed by atoms with Crippen LogP contribution in [0.5, 0.6) is 17.2 Å². The summed E-state index contributed by atoms with van der Waals surface area (Å²) in [6.07, 6.45) is 4.49. The van der Waals surface area contributed by atoms with Crippen LogP contribution in [0.3, 0.4) is 0 Å². The molecule has 0 aliphatic heterocycles. The van der Waals surface area contributed by atoms with Gasteiger partial charge in [-0.05, 0) is 48.5 Å². The Balaban J connectivity index is 2.06. The van der Waals surface area contributed by atoms with Crippen molar-refractivity contribution in [2.24, 2.45) is 0 Å². The monoisotopic (exact) mass is 459 g/mol. The molecule has 0 bridgehead atoms. The Morgan fingerprint density at radius 1 is 0.839 bits per heavy atom. The summed E-state index contributed by atoms with van der Waals surface area (Å²) in [5.41, 5.74) is 1.37. The van der Waals surface area contributed by atoms with Gasteiger partial charge in [0, 0.05) is 23.5 Å². The number of hydrogen-bond acceptors (Lipinski definition) is 6. The standard InChI is InChI=1S/C23H19Cl2NO5/c1-28-16-7-4-14(5-8-16)23(27)31-21(11-17-18(24)12-26-13-19(17)25)15-6-9-20(29-2)22(10-15)30-3/h4-13H,1-3H3/b21-11-. The SMILES string of the molecule is COc1ccc(C(=O)O/C(=C\c2c(Cl)cncc2Cl)c2ccc(OC)c(OC)c2)cc1. The van der Waals surface area contributed by atoms with Gasteiger partial charge in [0.2, 0.25) is 0 Å². The molecular formula is C23H19Cl2NO5. The van der Waals surface area contributed by atoms with Gasteiger partial charge in [0.05, 0.1) is 36.9 Å².